The Morgan fingerprint density at radius 3 is 2.62 bits per heavy atom. The lowest BCUT2D eigenvalue weighted by atomic mass is 9.35. The lowest BCUT2D eigenvalue weighted by Gasteiger charge is -2.71. The summed E-state index contributed by atoms with van der Waals surface area (Å²) in [6, 6.07) is 8.08. The second kappa shape index (κ2) is 7.72. The van der Waals surface area contributed by atoms with Crippen LogP contribution in [0.2, 0.25) is 0 Å². The van der Waals surface area contributed by atoms with Crippen LogP contribution in [-0.4, -0.2) is 71.6 Å². The van der Waals surface area contributed by atoms with Crippen molar-refractivity contribution in [2.75, 3.05) is 40.3 Å². The van der Waals surface area contributed by atoms with E-state index in [-0.39, 0.29) is 17.9 Å². The number of halogens is 3. The molecule has 1 saturated heterocycles. The van der Waals surface area contributed by atoms with Gasteiger partial charge in [-0.1, -0.05) is 0 Å². The van der Waals surface area contributed by atoms with E-state index in [1.54, 1.807) is 6.07 Å². The molecule has 0 spiro atoms. The first-order valence-electron chi connectivity index (χ1n) is 12.9. The fourth-order valence-electron chi connectivity index (χ4n) is 7.98. The first-order valence-corrected chi connectivity index (χ1v) is 12.9. The van der Waals surface area contributed by atoms with Gasteiger partial charge in [0.25, 0.3) is 5.91 Å². The number of fused-ring (bicyclic) bond motifs is 2. The van der Waals surface area contributed by atoms with E-state index in [0.717, 1.165) is 39.6 Å². The summed E-state index contributed by atoms with van der Waals surface area (Å²) < 4.78 is 46.4. The lowest BCUT2D eigenvalue weighted by Crippen LogP contribution is -2.70. The molecule has 2 saturated carbocycles. The van der Waals surface area contributed by atoms with E-state index >= 15 is 0 Å². The monoisotopic (exact) mass is 510 g/mol. The number of aromatic nitrogens is 2. The molecule has 9 heteroatoms. The number of hydrogen-bond acceptors (Lipinski definition) is 4. The van der Waals surface area contributed by atoms with Crippen molar-refractivity contribution in [3.63, 3.8) is 0 Å². The number of hydrogen-bond donors (Lipinski definition) is 0. The average Bonchev–Trinajstić information content (AvgIpc) is 3.24. The summed E-state index contributed by atoms with van der Waals surface area (Å²) in [5.74, 6) is 2.05. The molecule has 2 aliphatic heterocycles. The third kappa shape index (κ3) is 3.35. The SMILES string of the molecule is COc1cc(-c2cnc3cc(C45CC6CN(C)CC(C4)C65)ccn23)cc2c1C(=O)N(CC(F)(F)F)CC2. The van der Waals surface area contributed by atoms with E-state index in [1.165, 1.54) is 38.6 Å². The number of piperidine rings is 1. The highest BCUT2D eigenvalue weighted by Gasteiger charge is 2.67. The number of rotatable bonds is 4. The summed E-state index contributed by atoms with van der Waals surface area (Å²) in [5, 5.41) is 0. The highest BCUT2D eigenvalue weighted by Crippen LogP contribution is 2.69. The molecule has 0 bridgehead atoms. The molecular weight excluding hydrogens is 481 g/mol. The van der Waals surface area contributed by atoms with Crippen molar-refractivity contribution in [2.45, 2.75) is 30.9 Å². The van der Waals surface area contributed by atoms with E-state index < -0.39 is 18.6 Å². The van der Waals surface area contributed by atoms with Crippen LogP contribution >= 0.6 is 0 Å². The standard InChI is InChI=1S/C28H29F3N4O2/c1-33-13-18-10-27(11-19(14-33)25(18)27)20-4-6-35-21(12-32-23(35)9-20)17-7-16-3-5-34(15-28(29,30)31)26(36)24(16)22(8-17)37-2/h4,6-9,12,18-19,25H,3,5,10-11,13-15H2,1-2H3. The number of alkyl halides is 3. The summed E-state index contributed by atoms with van der Waals surface area (Å²) in [6.45, 7) is 1.17. The number of methoxy groups -OCH3 is 1. The van der Waals surface area contributed by atoms with Crippen LogP contribution in [0.15, 0.2) is 36.7 Å². The third-order valence-electron chi connectivity index (χ3n) is 9.31. The summed E-state index contributed by atoms with van der Waals surface area (Å²) in [4.78, 5) is 20.9. The maximum atomic E-state index is 13.0. The van der Waals surface area contributed by atoms with Crippen molar-refractivity contribution < 1.29 is 22.7 Å². The summed E-state index contributed by atoms with van der Waals surface area (Å²) >= 11 is 0. The van der Waals surface area contributed by atoms with E-state index in [4.69, 9.17) is 9.72 Å². The van der Waals surface area contributed by atoms with Crippen molar-refractivity contribution in [2.24, 2.45) is 17.8 Å². The molecule has 2 aliphatic carbocycles. The molecule has 37 heavy (non-hydrogen) atoms. The molecular formula is C28H29F3N4O2. The molecule has 0 radical (unpaired) electrons. The number of benzene rings is 1. The predicted molar refractivity (Wildman–Crippen MR) is 132 cm³/mol. The van der Waals surface area contributed by atoms with Gasteiger partial charge in [0.1, 0.15) is 17.9 Å². The number of nitrogens with zero attached hydrogens (tertiary/aromatic N) is 4. The molecule has 194 valence electrons. The van der Waals surface area contributed by atoms with Gasteiger partial charge in [0.2, 0.25) is 0 Å². The molecule has 7 rings (SSSR count). The van der Waals surface area contributed by atoms with Gasteiger partial charge in [-0.15, -0.1) is 0 Å². The Morgan fingerprint density at radius 1 is 1.16 bits per heavy atom. The van der Waals surface area contributed by atoms with Crippen molar-refractivity contribution in [3.05, 3.63) is 53.3 Å². The van der Waals surface area contributed by atoms with Crippen LogP contribution in [0.5, 0.6) is 5.75 Å². The van der Waals surface area contributed by atoms with Gasteiger partial charge in [0.05, 0.1) is 24.6 Å². The minimum Gasteiger partial charge on any atom is -0.496 e. The van der Waals surface area contributed by atoms with Crippen LogP contribution in [0.1, 0.15) is 34.3 Å². The second-order valence-corrected chi connectivity index (χ2v) is 11.4. The molecule has 6 nitrogen and oxygen atoms in total. The highest BCUT2D eigenvalue weighted by atomic mass is 19.4. The number of likely N-dealkylation sites (tertiary alicyclic amines) is 1. The Kier molecular flexibility index (Phi) is 4.82. The summed E-state index contributed by atoms with van der Waals surface area (Å²) in [7, 11) is 3.67. The molecule has 2 unspecified atom stereocenters. The Hall–Kier alpha value is -3.07. The zero-order chi connectivity index (χ0) is 25.7. The number of carbonyl (C=O) groups is 1. The Bertz CT molecular complexity index is 1400. The quantitative estimate of drug-likeness (QED) is 0.522. The molecule has 3 fully saturated rings. The fraction of sp³-hybridized carbons (Fsp3) is 0.500. The molecule has 1 amide bonds. The Labute approximate surface area is 213 Å². The van der Waals surface area contributed by atoms with E-state index in [1.807, 2.05) is 16.7 Å². The van der Waals surface area contributed by atoms with Crippen LogP contribution in [0.4, 0.5) is 13.2 Å². The van der Waals surface area contributed by atoms with Gasteiger partial charge < -0.3 is 14.5 Å². The minimum atomic E-state index is -4.44. The van der Waals surface area contributed by atoms with Gasteiger partial charge in [0.15, 0.2) is 0 Å². The van der Waals surface area contributed by atoms with Gasteiger partial charge in [0, 0.05) is 31.4 Å². The number of carbonyl (C=O) groups excluding carboxylic acids is 1. The van der Waals surface area contributed by atoms with Crippen LogP contribution in [-0.2, 0) is 11.8 Å². The van der Waals surface area contributed by atoms with Crippen LogP contribution in [0.25, 0.3) is 16.9 Å². The third-order valence-corrected chi connectivity index (χ3v) is 9.31. The molecule has 4 aliphatic rings. The fourth-order valence-corrected chi connectivity index (χ4v) is 7.98. The van der Waals surface area contributed by atoms with Gasteiger partial charge >= 0.3 is 6.18 Å². The van der Waals surface area contributed by atoms with Crippen molar-refractivity contribution >= 4 is 11.6 Å². The normalized spacial score (nSPS) is 28.9. The summed E-state index contributed by atoms with van der Waals surface area (Å²) in [6.07, 6.45) is 2.31. The first-order chi connectivity index (χ1) is 17.7. The van der Waals surface area contributed by atoms with E-state index in [9.17, 15) is 18.0 Å². The zero-order valence-electron chi connectivity index (χ0n) is 20.9. The maximum Gasteiger partial charge on any atom is 0.406 e. The van der Waals surface area contributed by atoms with Gasteiger partial charge in [-0.2, -0.15) is 13.2 Å². The molecule has 2 atom stereocenters. The van der Waals surface area contributed by atoms with Crippen LogP contribution in [0, 0.1) is 17.8 Å². The predicted octanol–water partition coefficient (Wildman–Crippen LogP) is 4.41. The largest absolute Gasteiger partial charge is 0.496 e. The molecule has 0 N–H and O–H groups in total. The summed E-state index contributed by atoms with van der Waals surface area (Å²) in [5.41, 5.74) is 5.18. The van der Waals surface area contributed by atoms with Crippen molar-refractivity contribution in [1.29, 1.82) is 0 Å². The maximum absolute atomic E-state index is 13.0. The first kappa shape index (κ1) is 23.1. The van der Waals surface area contributed by atoms with E-state index in [0.29, 0.717) is 17.4 Å². The van der Waals surface area contributed by atoms with Gasteiger partial charge in [-0.05, 0) is 84.9 Å². The van der Waals surface area contributed by atoms with Crippen LogP contribution < -0.4 is 4.74 Å². The highest BCUT2D eigenvalue weighted by molar-refractivity contribution is 6.00. The lowest BCUT2D eigenvalue weighted by molar-refractivity contribution is -0.168. The van der Waals surface area contributed by atoms with Crippen molar-refractivity contribution in [1.82, 2.24) is 19.2 Å². The number of imidazole rings is 1. The van der Waals surface area contributed by atoms with E-state index in [2.05, 4.69) is 30.3 Å². The topological polar surface area (TPSA) is 50.1 Å². The Morgan fingerprint density at radius 2 is 1.92 bits per heavy atom. The number of amides is 1. The van der Waals surface area contributed by atoms with Gasteiger partial charge in [-0.3, -0.25) is 9.20 Å². The molecule has 4 heterocycles. The zero-order valence-corrected chi connectivity index (χ0v) is 20.9. The minimum absolute atomic E-state index is 0.0233. The Balaban J connectivity index is 1.21. The van der Waals surface area contributed by atoms with Crippen molar-refractivity contribution in [3.8, 4) is 17.0 Å². The second-order valence-electron chi connectivity index (χ2n) is 11.4. The average molecular weight is 511 g/mol. The number of ether oxygens (including phenoxy) is 1. The number of pyridine rings is 1. The molecule has 2 aromatic heterocycles. The van der Waals surface area contributed by atoms with Crippen LogP contribution in [0.3, 0.4) is 0 Å². The molecule has 1 aromatic carbocycles. The molecule has 3 aromatic rings. The van der Waals surface area contributed by atoms with Gasteiger partial charge in [-0.25, -0.2) is 4.98 Å². The smallest absolute Gasteiger partial charge is 0.406 e.